The van der Waals surface area contributed by atoms with Crippen LogP contribution in [0, 0.1) is 0 Å². The third-order valence-electron chi connectivity index (χ3n) is 3.95. The topological polar surface area (TPSA) is 56.1 Å². The van der Waals surface area contributed by atoms with Gasteiger partial charge in [0.05, 0.1) is 12.8 Å². The Morgan fingerprint density at radius 2 is 1.96 bits per heavy atom. The second kappa shape index (κ2) is 8.13. The first-order valence-electron chi connectivity index (χ1n) is 8.24. The fourth-order valence-corrected chi connectivity index (χ4v) is 2.84. The predicted octanol–water partition coefficient (Wildman–Crippen LogP) is 2.94. The van der Waals surface area contributed by atoms with Crippen LogP contribution in [0.2, 0.25) is 0 Å². The number of hydrogen-bond donors (Lipinski definition) is 0. The van der Waals surface area contributed by atoms with Gasteiger partial charge in [-0.25, -0.2) is 4.98 Å². The molecule has 3 rings (SSSR count). The van der Waals surface area contributed by atoms with E-state index >= 15 is 0 Å². The van der Waals surface area contributed by atoms with E-state index in [1.807, 2.05) is 18.0 Å². The van der Waals surface area contributed by atoms with E-state index < -0.39 is 6.61 Å². The van der Waals surface area contributed by atoms with Crippen LogP contribution in [-0.2, 0) is 13.1 Å². The smallest absolute Gasteiger partial charge is 0.387 e. The van der Waals surface area contributed by atoms with Gasteiger partial charge in [-0.15, -0.1) is 0 Å². The van der Waals surface area contributed by atoms with Gasteiger partial charge in [0.1, 0.15) is 5.65 Å². The second-order valence-electron chi connectivity index (χ2n) is 6.05. The molecule has 0 atom stereocenters. The van der Waals surface area contributed by atoms with Crippen LogP contribution in [0.1, 0.15) is 11.3 Å². The summed E-state index contributed by atoms with van der Waals surface area (Å²) in [5, 5.41) is 0. The minimum Gasteiger partial charge on any atom is -0.493 e. The first kappa shape index (κ1) is 18.8. The monoisotopic (exact) mass is 375 g/mol. The van der Waals surface area contributed by atoms with Crippen molar-refractivity contribution in [3.8, 4) is 11.5 Å². The maximum absolute atomic E-state index is 12.6. The molecule has 0 saturated heterocycles. The van der Waals surface area contributed by atoms with Crippen molar-refractivity contribution in [2.45, 2.75) is 19.7 Å². The summed E-state index contributed by atoms with van der Waals surface area (Å²) < 4.78 is 36.1. The van der Waals surface area contributed by atoms with Crippen molar-refractivity contribution in [1.82, 2.24) is 14.3 Å². The molecule has 0 aliphatic heterocycles. The van der Waals surface area contributed by atoms with Gasteiger partial charge in [0.25, 0.3) is 5.56 Å². The summed E-state index contributed by atoms with van der Waals surface area (Å²) in [6, 6.07) is 11.7. The number of nitrogens with zero attached hydrogens (tertiary/aromatic N) is 3. The van der Waals surface area contributed by atoms with Crippen LogP contribution < -0.4 is 15.0 Å². The minimum atomic E-state index is -2.93. The molecule has 3 aromatic rings. The molecule has 8 heteroatoms. The lowest BCUT2D eigenvalue weighted by molar-refractivity contribution is -0.0512. The number of alkyl halides is 2. The van der Waals surface area contributed by atoms with Crippen molar-refractivity contribution in [3.05, 3.63) is 70.3 Å². The molecule has 0 bridgehead atoms. The van der Waals surface area contributed by atoms with E-state index in [9.17, 15) is 13.6 Å². The van der Waals surface area contributed by atoms with Crippen molar-refractivity contribution < 1.29 is 18.3 Å². The number of rotatable bonds is 7. The molecule has 0 radical (unpaired) electrons. The van der Waals surface area contributed by atoms with Crippen LogP contribution >= 0.6 is 0 Å². The van der Waals surface area contributed by atoms with Gasteiger partial charge >= 0.3 is 6.61 Å². The van der Waals surface area contributed by atoms with E-state index in [-0.39, 0.29) is 17.1 Å². The average molecular weight is 375 g/mol. The lowest BCUT2D eigenvalue weighted by atomic mass is 10.2. The fourth-order valence-electron chi connectivity index (χ4n) is 2.84. The van der Waals surface area contributed by atoms with E-state index in [1.54, 1.807) is 30.5 Å². The molecule has 1 aromatic carbocycles. The van der Waals surface area contributed by atoms with Gasteiger partial charge in [-0.05, 0) is 36.9 Å². The standard InChI is InChI=1S/C19H19F2N3O3/c1-23(11-13-6-7-15(26-2)16(9-13)27-19(20)21)12-14-10-18(25)24-8-4-3-5-17(24)22-14/h3-10,19H,11-12H2,1-2H3. The number of halogens is 2. The Kier molecular flexibility index (Phi) is 5.66. The molecular weight excluding hydrogens is 356 g/mol. The normalized spacial score (nSPS) is 11.3. The van der Waals surface area contributed by atoms with Crippen molar-refractivity contribution in [1.29, 1.82) is 0 Å². The summed E-state index contributed by atoms with van der Waals surface area (Å²) in [6.45, 7) is -2.04. The number of benzene rings is 1. The van der Waals surface area contributed by atoms with Crippen LogP contribution in [0.3, 0.4) is 0 Å². The Morgan fingerprint density at radius 1 is 1.15 bits per heavy atom. The van der Waals surface area contributed by atoms with Gasteiger partial charge in [0, 0.05) is 25.4 Å². The van der Waals surface area contributed by atoms with E-state index in [0.717, 1.165) is 5.56 Å². The Bertz CT molecular complexity index is 991. The summed E-state index contributed by atoms with van der Waals surface area (Å²) in [4.78, 5) is 18.6. The highest BCUT2D eigenvalue weighted by Gasteiger charge is 2.13. The van der Waals surface area contributed by atoms with Gasteiger partial charge in [-0.1, -0.05) is 12.1 Å². The number of aromatic nitrogens is 2. The molecule has 27 heavy (non-hydrogen) atoms. The number of fused-ring (bicyclic) bond motifs is 1. The van der Waals surface area contributed by atoms with Gasteiger partial charge < -0.3 is 9.47 Å². The molecule has 0 aliphatic rings. The van der Waals surface area contributed by atoms with Crippen molar-refractivity contribution >= 4 is 5.65 Å². The Balaban J connectivity index is 1.76. The number of methoxy groups -OCH3 is 1. The van der Waals surface area contributed by atoms with Crippen molar-refractivity contribution in [3.63, 3.8) is 0 Å². The van der Waals surface area contributed by atoms with E-state index in [0.29, 0.717) is 24.4 Å². The van der Waals surface area contributed by atoms with Crippen LogP contribution in [0.5, 0.6) is 11.5 Å². The minimum absolute atomic E-state index is 0.0134. The Hall–Kier alpha value is -3.00. The quantitative estimate of drug-likeness (QED) is 0.636. The summed E-state index contributed by atoms with van der Waals surface area (Å²) in [5.74, 6) is 0.228. The molecule has 142 valence electrons. The van der Waals surface area contributed by atoms with Crippen LogP contribution in [-0.4, -0.2) is 35.1 Å². The molecule has 0 fully saturated rings. The molecule has 6 nitrogen and oxygen atoms in total. The van der Waals surface area contributed by atoms with E-state index in [4.69, 9.17) is 4.74 Å². The summed E-state index contributed by atoms with van der Waals surface area (Å²) in [5.41, 5.74) is 1.82. The predicted molar refractivity (Wildman–Crippen MR) is 96.3 cm³/mol. The van der Waals surface area contributed by atoms with Gasteiger partial charge in [0.15, 0.2) is 11.5 Å². The fraction of sp³-hybridized carbons (Fsp3) is 0.263. The molecule has 0 N–H and O–H groups in total. The maximum Gasteiger partial charge on any atom is 0.387 e. The number of ether oxygens (including phenoxy) is 2. The molecule has 0 spiro atoms. The molecule has 2 heterocycles. The molecular formula is C19H19F2N3O3. The van der Waals surface area contributed by atoms with Crippen molar-refractivity contribution in [2.75, 3.05) is 14.2 Å². The summed E-state index contributed by atoms with van der Waals surface area (Å²) >= 11 is 0. The molecule has 2 aromatic heterocycles. The van der Waals surface area contributed by atoms with Crippen LogP contribution in [0.4, 0.5) is 8.78 Å². The lowest BCUT2D eigenvalue weighted by Gasteiger charge is -2.18. The highest BCUT2D eigenvalue weighted by molar-refractivity contribution is 5.43. The van der Waals surface area contributed by atoms with Gasteiger partial charge in [-0.3, -0.25) is 14.1 Å². The van der Waals surface area contributed by atoms with Crippen LogP contribution in [0.25, 0.3) is 5.65 Å². The molecule has 0 unspecified atom stereocenters. The second-order valence-corrected chi connectivity index (χ2v) is 6.05. The lowest BCUT2D eigenvalue weighted by Crippen LogP contribution is -2.21. The Labute approximate surface area is 154 Å². The summed E-state index contributed by atoms with van der Waals surface area (Å²) in [7, 11) is 3.25. The first-order chi connectivity index (χ1) is 13.0. The van der Waals surface area contributed by atoms with E-state index in [1.165, 1.54) is 23.6 Å². The number of hydrogen-bond acceptors (Lipinski definition) is 5. The third-order valence-corrected chi connectivity index (χ3v) is 3.95. The zero-order chi connectivity index (χ0) is 19.4. The zero-order valence-electron chi connectivity index (χ0n) is 14.9. The third kappa shape index (κ3) is 4.59. The van der Waals surface area contributed by atoms with Gasteiger partial charge in [0.2, 0.25) is 0 Å². The highest BCUT2D eigenvalue weighted by Crippen LogP contribution is 2.29. The van der Waals surface area contributed by atoms with E-state index in [2.05, 4.69) is 9.72 Å². The largest absolute Gasteiger partial charge is 0.493 e. The summed E-state index contributed by atoms with van der Waals surface area (Å²) in [6.07, 6.45) is 1.67. The number of pyridine rings is 1. The molecule has 0 saturated carbocycles. The zero-order valence-corrected chi connectivity index (χ0v) is 14.9. The average Bonchev–Trinajstić information content (AvgIpc) is 2.61. The molecule has 0 aliphatic carbocycles. The molecule has 0 amide bonds. The van der Waals surface area contributed by atoms with Crippen LogP contribution in [0.15, 0.2) is 53.5 Å². The Morgan fingerprint density at radius 3 is 2.70 bits per heavy atom. The first-order valence-corrected chi connectivity index (χ1v) is 8.24. The van der Waals surface area contributed by atoms with Gasteiger partial charge in [-0.2, -0.15) is 8.78 Å². The SMILES string of the molecule is COc1ccc(CN(C)Cc2cc(=O)n3ccccc3n2)cc1OC(F)F. The van der Waals surface area contributed by atoms with Crippen molar-refractivity contribution in [2.24, 2.45) is 0 Å². The maximum atomic E-state index is 12.6. The highest BCUT2D eigenvalue weighted by atomic mass is 19.3.